The molecule has 0 aliphatic carbocycles. The molecule has 2 nitrogen and oxygen atoms in total. The predicted octanol–water partition coefficient (Wildman–Crippen LogP) is 2.62. The number of alkyl halides is 3. The Morgan fingerprint density at radius 2 is 2.25 bits per heavy atom. The van der Waals surface area contributed by atoms with E-state index in [1.807, 2.05) is 0 Å². The molecule has 0 aliphatic rings. The molecule has 1 rings (SSSR count). The molecule has 1 N–H and O–H groups in total. The monoisotopic (exact) mass is 237 g/mol. The van der Waals surface area contributed by atoms with Gasteiger partial charge in [-0.15, -0.1) is 0 Å². The first-order valence-corrected chi connectivity index (χ1v) is 4.29. The molecule has 0 saturated heterocycles. The molecule has 0 atom stereocenters. The van der Waals surface area contributed by atoms with Gasteiger partial charge in [0.15, 0.2) is 0 Å². The van der Waals surface area contributed by atoms with Gasteiger partial charge in [-0.3, -0.25) is 4.98 Å². The lowest BCUT2D eigenvalue weighted by Crippen LogP contribution is -1.90. The topological polar surface area (TPSA) is 33.1 Å². The predicted molar refractivity (Wildman–Crippen MR) is 43.5 cm³/mol. The Morgan fingerprint density at radius 1 is 1.58 bits per heavy atom. The largest absolute Gasteiger partial charge is 0.506 e. The molecular formula is C7H6BrF2NO. The molecule has 0 unspecified atom stereocenters. The summed E-state index contributed by atoms with van der Waals surface area (Å²) in [5.41, 5.74) is 0.0941. The minimum absolute atomic E-state index is 0.204. The van der Waals surface area contributed by atoms with Crippen LogP contribution >= 0.6 is 15.9 Å². The summed E-state index contributed by atoms with van der Waals surface area (Å²) in [4.78, 5) is 3.64. The molecule has 0 aliphatic heterocycles. The van der Waals surface area contributed by atoms with Gasteiger partial charge in [0.25, 0.3) is 6.43 Å². The molecule has 66 valence electrons. The number of nitrogens with zero attached hydrogens (tertiary/aromatic N) is 1. The van der Waals surface area contributed by atoms with Crippen LogP contribution in [0, 0.1) is 0 Å². The van der Waals surface area contributed by atoms with Crippen LogP contribution in [0.2, 0.25) is 0 Å². The molecule has 0 aromatic carbocycles. The molecular weight excluding hydrogens is 232 g/mol. The van der Waals surface area contributed by atoms with Crippen molar-refractivity contribution < 1.29 is 13.9 Å². The minimum atomic E-state index is -2.59. The van der Waals surface area contributed by atoms with Crippen molar-refractivity contribution in [3.05, 3.63) is 23.5 Å². The smallest absolute Gasteiger partial charge is 0.265 e. The van der Waals surface area contributed by atoms with E-state index in [0.29, 0.717) is 11.0 Å². The third-order valence-corrected chi connectivity index (χ3v) is 1.88. The zero-order valence-corrected chi connectivity index (χ0v) is 7.55. The van der Waals surface area contributed by atoms with Crippen LogP contribution in [0.25, 0.3) is 0 Å². The number of hydrogen-bond donors (Lipinski definition) is 1. The molecule has 0 amide bonds. The lowest BCUT2D eigenvalue weighted by Gasteiger charge is -2.02. The molecule has 0 bridgehead atoms. The third-order valence-electron chi connectivity index (χ3n) is 1.35. The number of pyridine rings is 1. The maximum Gasteiger partial charge on any atom is 0.265 e. The van der Waals surface area contributed by atoms with Gasteiger partial charge in [-0.25, -0.2) is 8.78 Å². The normalized spacial score (nSPS) is 10.7. The van der Waals surface area contributed by atoms with Gasteiger partial charge in [0.05, 0.1) is 5.69 Å². The van der Waals surface area contributed by atoms with E-state index in [9.17, 15) is 8.78 Å². The van der Waals surface area contributed by atoms with Crippen LogP contribution in [-0.4, -0.2) is 10.1 Å². The van der Waals surface area contributed by atoms with Crippen LogP contribution in [0.1, 0.15) is 17.7 Å². The second-order valence-corrected chi connectivity index (χ2v) is 2.73. The zero-order valence-electron chi connectivity index (χ0n) is 5.97. The number of rotatable bonds is 2. The van der Waals surface area contributed by atoms with Crippen LogP contribution < -0.4 is 0 Å². The summed E-state index contributed by atoms with van der Waals surface area (Å²) in [6.45, 7) is 0. The van der Waals surface area contributed by atoms with Crippen molar-refractivity contribution in [3.8, 4) is 5.75 Å². The zero-order chi connectivity index (χ0) is 9.14. The van der Waals surface area contributed by atoms with Crippen LogP contribution in [0.15, 0.2) is 12.3 Å². The van der Waals surface area contributed by atoms with Gasteiger partial charge in [0.2, 0.25) is 0 Å². The molecule has 1 aromatic heterocycles. The van der Waals surface area contributed by atoms with E-state index in [-0.39, 0.29) is 11.3 Å². The summed E-state index contributed by atoms with van der Waals surface area (Å²) in [5.74, 6) is -0.204. The van der Waals surface area contributed by atoms with Crippen molar-refractivity contribution in [2.24, 2.45) is 0 Å². The van der Waals surface area contributed by atoms with Gasteiger partial charge >= 0.3 is 0 Å². The Hall–Kier alpha value is -0.710. The first-order valence-electron chi connectivity index (χ1n) is 3.17. The van der Waals surface area contributed by atoms with Crippen molar-refractivity contribution >= 4 is 15.9 Å². The SMILES string of the molecule is Oc1cc(C(F)F)cnc1CBr. The van der Waals surface area contributed by atoms with Gasteiger partial charge in [-0.1, -0.05) is 15.9 Å². The summed E-state index contributed by atoms with van der Waals surface area (Å²) < 4.78 is 24.0. The molecule has 0 saturated carbocycles. The summed E-state index contributed by atoms with van der Waals surface area (Å²) in [7, 11) is 0. The first-order chi connectivity index (χ1) is 5.65. The summed E-state index contributed by atoms with van der Waals surface area (Å²) in [6.07, 6.45) is -1.53. The van der Waals surface area contributed by atoms with Crippen molar-refractivity contribution in [2.45, 2.75) is 11.8 Å². The lowest BCUT2D eigenvalue weighted by molar-refractivity contribution is 0.150. The quantitative estimate of drug-likeness (QED) is 0.803. The lowest BCUT2D eigenvalue weighted by atomic mass is 10.2. The Kier molecular flexibility index (Phi) is 2.97. The second kappa shape index (κ2) is 3.80. The summed E-state index contributed by atoms with van der Waals surface area (Å²) in [6, 6.07) is 1.02. The van der Waals surface area contributed by atoms with E-state index < -0.39 is 6.43 Å². The summed E-state index contributed by atoms with van der Waals surface area (Å²) >= 11 is 3.06. The van der Waals surface area contributed by atoms with Crippen LogP contribution in [0.4, 0.5) is 8.78 Å². The number of aromatic nitrogens is 1. The standard InChI is InChI=1S/C7H6BrF2NO/c8-2-5-6(12)1-4(3-11-5)7(9)10/h1,3,7,12H,2H2. The fourth-order valence-electron chi connectivity index (χ4n) is 0.719. The third kappa shape index (κ3) is 1.91. The molecule has 0 fully saturated rings. The van der Waals surface area contributed by atoms with Gasteiger partial charge < -0.3 is 5.11 Å². The number of aromatic hydroxyl groups is 1. The maximum absolute atomic E-state index is 12.0. The van der Waals surface area contributed by atoms with Crippen LogP contribution in [0.5, 0.6) is 5.75 Å². The first kappa shape index (κ1) is 9.38. The molecule has 5 heteroatoms. The van der Waals surface area contributed by atoms with Gasteiger partial charge in [-0.2, -0.15) is 0 Å². The van der Waals surface area contributed by atoms with Crippen molar-refractivity contribution in [1.82, 2.24) is 4.98 Å². The van der Waals surface area contributed by atoms with E-state index in [1.54, 1.807) is 0 Å². The van der Waals surface area contributed by atoms with Crippen molar-refractivity contribution in [1.29, 1.82) is 0 Å². The molecule has 1 aromatic rings. The van der Waals surface area contributed by atoms with Crippen LogP contribution in [0.3, 0.4) is 0 Å². The molecule has 12 heavy (non-hydrogen) atoms. The highest BCUT2D eigenvalue weighted by Gasteiger charge is 2.10. The fraction of sp³-hybridized carbons (Fsp3) is 0.286. The second-order valence-electron chi connectivity index (χ2n) is 2.17. The number of halogens is 3. The van der Waals surface area contributed by atoms with Gasteiger partial charge in [0, 0.05) is 17.1 Å². The average molecular weight is 238 g/mol. The van der Waals surface area contributed by atoms with E-state index in [4.69, 9.17) is 5.11 Å². The Labute approximate surface area is 76.4 Å². The van der Waals surface area contributed by atoms with E-state index in [1.165, 1.54) is 0 Å². The van der Waals surface area contributed by atoms with E-state index in [2.05, 4.69) is 20.9 Å². The van der Waals surface area contributed by atoms with Crippen LogP contribution in [-0.2, 0) is 5.33 Å². The highest BCUT2D eigenvalue weighted by atomic mass is 79.9. The minimum Gasteiger partial charge on any atom is -0.506 e. The summed E-state index contributed by atoms with van der Waals surface area (Å²) in [5, 5.41) is 9.46. The molecule has 0 radical (unpaired) electrons. The van der Waals surface area contributed by atoms with E-state index in [0.717, 1.165) is 12.3 Å². The molecule has 1 heterocycles. The maximum atomic E-state index is 12.0. The number of hydrogen-bond acceptors (Lipinski definition) is 2. The van der Waals surface area contributed by atoms with E-state index >= 15 is 0 Å². The Bertz CT molecular complexity index is 280. The highest BCUT2D eigenvalue weighted by molar-refractivity contribution is 9.08. The highest BCUT2D eigenvalue weighted by Crippen LogP contribution is 2.24. The fourth-order valence-corrected chi connectivity index (χ4v) is 1.15. The molecule has 0 spiro atoms. The van der Waals surface area contributed by atoms with Gasteiger partial charge in [-0.05, 0) is 6.07 Å². The Morgan fingerprint density at radius 3 is 2.67 bits per heavy atom. The van der Waals surface area contributed by atoms with Gasteiger partial charge in [0.1, 0.15) is 5.75 Å². The average Bonchev–Trinajstić information content (AvgIpc) is 2.04. The van der Waals surface area contributed by atoms with Crippen molar-refractivity contribution in [3.63, 3.8) is 0 Å². The van der Waals surface area contributed by atoms with Crippen molar-refractivity contribution in [2.75, 3.05) is 0 Å². The Balaban J connectivity index is 3.02.